The number of ether oxygens (including phenoxy) is 1. The van der Waals surface area contributed by atoms with Crippen LogP contribution in [0.15, 0.2) is 24.3 Å². The number of fused-ring (bicyclic) bond motifs is 2. The second-order valence-corrected chi connectivity index (χ2v) is 6.00. The molecular formula is C15H22NO+. The van der Waals surface area contributed by atoms with E-state index in [1.165, 1.54) is 42.4 Å². The lowest BCUT2D eigenvalue weighted by molar-refractivity contribution is -0.938. The van der Waals surface area contributed by atoms with E-state index in [0.717, 1.165) is 17.7 Å². The topological polar surface area (TPSA) is 9.23 Å². The summed E-state index contributed by atoms with van der Waals surface area (Å²) in [5.74, 6) is 1.96. The lowest BCUT2D eigenvalue weighted by atomic mass is 10.1. The molecule has 1 aliphatic carbocycles. The fourth-order valence-corrected chi connectivity index (χ4v) is 3.86. The van der Waals surface area contributed by atoms with E-state index in [0.29, 0.717) is 0 Å². The van der Waals surface area contributed by atoms with Crippen LogP contribution in [-0.4, -0.2) is 31.2 Å². The van der Waals surface area contributed by atoms with Crippen LogP contribution in [0.2, 0.25) is 0 Å². The Morgan fingerprint density at radius 3 is 2.53 bits per heavy atom. The Bertz CT molecular complexity index is 400. The van der Waals surface area contributed by atoms with E-state index in [1.54, 1.807) is 7.11 Å². The minimum Gasteiger partial charge on any atom is -0.497 e. The molecule has 2 nitrogen and oxygen atoms in total. The van der Waals surface area contributed by atoms with Crippen molar-refractivity contribution in [1.29, 1.82) is 0 Å². The van der Waals surface area contributed by atoms with Crippen LogP contribution in [0.4, 0.5) is 0 Å². The molecular weight excluding hydrogens is 210 g/mol. The molecule has 2 unspecified atom stereocenters. The molecule has 1 aromatic rings. The van der Waals surface area contributed by atoms with E-state index < -0.39 is 0 Å². The van der Waals surface area contributed by atoms with E-state index in [2.05, 4.69) is 31.3 Å². The zero-order valence-electron chi connectivity index (χ0n) is 10.9. The molecule has 0 aromatic heterocycles. The fourth-order valence-electron chi connectivity index (χ4n) is 3.86. The minimum absolute atomic E-state index is 0.919. The summed E-state index contributed by atoms with van der Waals surface area (Å²) < 4.78 is 6.47. The van der Waals surface area contributed by atoms with Crippen LogP contribution in [0.1, 0.15) is 24.8 Å². The van der Waals surface area contributed by atoms with Crippen LogP contribution >= 0.6 is 0 Å². The first-order valence-corrected chi connectivity index (χ1v) is 6.67. The van der Waals surface area contributed by atoms with Gasteiger partial charge in [0.1, 0.15) is 12.3 Å². The maximum atomic E-state index is 5.21. The zero-order chi connectivity index (χ0) is 11.9. The highest BCUT2D eigenvalue weighted by Crippen LogP contribution is 2.42. The van der Waals surface area contributed by atoms with E-state index in [-0.39, 0.29) is 0 Å². The van der Waals surface area contributed by atoms with Crippen molar-refractivity contribution >= 4 is 0 Å². The van der Waals surface area contributed by atoms with Gasteiger partial charge in [0, 0.05) is 17.9 Å². The van der Waals surface area contributed by atoms with Crippen LogP contribution < -0.4 is 4.74 Å². The highest BCUT2D eigenvalue weighted by atomic mass is 16.5. The summed E-state index contributed by atoms with van der Waals surface area (Å²) >= 11 is 0. The molecule has 1 heterocycles. The number of benzene rings is 1. The molecule has 1 saturated carbocycles. The highest BCUT2D eigenvalue weighted by molar-refractivity contribution is 5.26. The number of quaternary nitrogens is 1. The smallest absolute Gasteiger partial charge is 0.118 e. The summed E-state index contributed by atoms with van der Waals surface area (Å²) in [5, 5.41) is 0. The first kappa shape index (κ1) is 11.1. The van der Waals surface area contributed by atoms with Gasteiger partial charge in [0.25, 0.3) is 0 Å². The molecule has 1 saturated heterocycles. The maximum Gasteiger partial charge on any atom is 0.118 e. The summed E-state index contributed by atoms with van der Waals surface area (Å²) in [7, 11) is 4.16. The van der Waals surface area contributed by atoms with Gasteiger partial charge in [-0.3, -0.25) is 0 Å². The SMILES string of the molecule is COc1ccc(C[N@+]2(C)CC3CCC2C3)cc1. The van der Waals surface area contributed by atoms with Gasteiger partial charge >= 0.3 is 0 Å². The number of rotatable bonds is 3. The van der Waals surface area contributed by atoms with Gasteiger partial charge in [-0.05, 0) is 37.1 Å². The van der Waals surface area contributed by atoms with Crippen molar-refractivity contribution in [3.8, 4) is 5.75 Å². The lowest BCUT2D eigenvalue weighted by Crippen LogP contribution is -2.49. The lowest BCUT2D eigenvalue weighted by Gasteiger charge is -2.38. The molecule has 2 aliphatic rings. The third kappa shape index (κ3) is 1.95. The van der Waals surface area contributed by atoms with E-state index >= 15 is 0 Å². The Hall–Kier alpha value is -1.02. The van der Waals surface area contributed by atoms with Crippen LogP contribution in [0, 0.1) is 5.92 Å². The molecule has 17 heavy (non-hydrogen) atoms. The van der Waals surface area contributed by atoms with Crippen LogP contribution in [-0.2, 0) is 6.54 Å². The number of nitrogens with zero attached hydrogens (tertiary/aromatic N) is 1. The van der Waals surface area contributed by atoms with Crippen molar-refractivity contribution in [3.05, 3.63) is 29.8 Å². The predicted octanol–water partition coefficient (Wildman–Crippen LogP) is 2.82. The molecule has 0 N–H and O–H groups in total. The number of piperidine rings is 1. The normalized spacial score (nSPS) is 35.2. The standard InChI is InChI=1S/C15H22NO/c1-16(11-13-3-6-14(16)9-13)10-12-4-7-15(17-2)8-5-12/h4-5,7-8,13-14H,3,6,9-11H2,1-2H3/q+1/t13?,14?,16-/m1/s1. The Morgan fingerprint density at radius 2 is 2.00 bits per heavy atom. The summed E-state index contributed by atoms with van der Waals surface area (Å²) in [4.78, 5) is 0. The van der Waals surface area contributed by atoms with Crippen molar-refractivity contribution < 1.29 is 9.22 Å². The molecule has 2 bridgehead atoms. The molecule has 92 valence electrons. The summed E-state index contributed by atoms with van der Waals surface area (Å²) in [6.07, 6.45) is 4.38. The van der Waals surface area contributed by atoms with Crippen molar-refractivity contribution in [2.75, 3.05) is 20.7 Å². The van der Waals surface area contributed by atoms with Crippen molar-refractivity contribution in [1.82, 2.24) is 0 Å². The average molecular weight is 232 g/mol. The molecule has 3 atom stereocenters. The van der Waals surface area contributed by atoms with Crippen molar-refractivity contribution in [3.63, 3.8) is 0 Å². The number of methoxy groups -OCH3 is 1. The van der Waals surface area contributed by atoms with Gasteiger partial charge in [-0.2, -0.15) is 0 Å². The summed E-state index contributed by atoms with van der Waals surface area (Å²) in [6, 6.07) is 9.51. The quantitative estimate of drug-likeness (QED) is 0.728. The molecule has 0 amide bonds. The average Bonchev–Trinajstić information content (AvgIpc) is 2.89. The second-order valence-electron chi connectivity index (χ2n) is 6.00. The van der Waals surface area contributed by atoms with Crippen LogP contribution in [0.3, 0.4) is 0 Å². The highest BCUT2D eigenvalue weighted by Gasteiger charge is 2.48. The van der Waals surface area contributed by atoms with Gasteiger partial charge in [0.05, 0.1) is 26.7 Å². The fraction of sp³-hybridized carbons (Fsp3) is 0.600. The largest absolute Gasteiger partial charge is 0.497 e. The first-order valence-electron chi connectivity index (χ1n) is 6.67. The maximum absolute atomic E-state index is 5.21. The molecule has 1 aromatic carbocycles. The van der Waals surface area contributed by atoms with E-state index in [9.17, 15) is 0 Å². The van der Waals surface area contributed by atoms with Gasteiger partial charge in [-0.1, -0.05) is 0 Å². The van der Waals surface area contributed by atoms with Crippen molar-refractivity contribution in [2.45, 2.75) is 31.8 Å². The minimum atomic E-state index is 0.919. The van der Waals surface area contributed by atoms with Crippen molar-refractivity contribution in [2.24, 2.45) is 5.92 Å². The summed E-state index contributed by atoms with van der Waals surface area (Å²) in [6.45, 7) is 2.57. The third-order valence-electron chi connectivity index (χ3n) is 4.77. The Kier molecular flexibility index (Phi) is 2.62. The van der Waals surface area contributed by atoms with Gasteiger partial charge < -0.3 is 9.22 Å². The number of likely N-dealkylation sites (tertiary alicyclic amines) is 1. The van der Waals surface area contributed by atoms with Gasteiger partial charge in [0.15, 0.2) is 0 Å². The molecule has 0 radical (unpaired) electrons. The molecule has 2 heteroatoms. The van der Waals surface area contributed by atoms with E-state index in [4.69, 9.17) is 4.74 Å². The first-order chi connectivity index (χ1) is 8.19. The monoisotopic (exact) mass is 232 g/mol. The molecule has 2 fully saturated rings. The van der Waals surface area contributed by atoms with Crippen LogP contribution in [0.5, 0.6) is 5.75 Å². The Balaban J connectivity index is 1.73. The Labute approximate surface area is 104 Å². The Morgan fingerprint density at radius 1 is 1.24 bits per heavy atom. The molecule has 3 rings (SSSR count). The van der Waals surface area contributed by atoms with E-state index in [1.807, 2.05) is 0 Å². The van der Waals surface area contributed by atoms with Gasteiger partial charge in [0.2, 0.25) is 0 Å². The predicted molar refractivity (Wildman–Crippen MR) is 68.9 cm³/mol. The summed E-state index contributed by atoms with van der Waals surface area (Å²) in [5.41, 5.74) is 1.45. The van der Waals surface area contributed by atoms with Gasteiger partial charge in [-0.15, -0.1) is 0 Å². The van der Waals surface area contributed by atoms with Gasteiger partial charge in [-0.25, -0.2) is 0 Å². The number of hydrogen-bond donors (Lipinski definition) is 0. The second kappa shape index (κ2) is 4.02. The molecule has 1 aliphatic heterocycles. The zero-order valence-corrected chi connectivity index (χ0v) is 10.9. The number of hydrogen-bond acceptors (Lipinski definition) is 1. The molecule has 0 spiro atoms. The third-order valence-corrected chi connectivity index (χ3v) is 4.77. The van der Waals surface area contributed by atoms with Crippen LogP contribution in [0.25, 0.3) is 0 Å².